The van der Waals surface area contributed by atoms with Gasteiger partial charge in [0.2, 0.25) is 0 Å². The van der Waals surface area contributed by atoms with Gasteiger partial charge in [-0.15, -0.1) is 0 Å². The number of carbonyl (C=O) groups excluding carboxylic acids is 1. The first kappa shape index (κ1) is 21.6. The third-order valence-corrected chi connectivity index (χ3v) is 4.85. The van der Waals surface area contributed by atoms with E-state index in [0.717, 1.165) is 11.1 Å². The van der Waals surface area contributed by atoms with Gasteiger partial charge in [-0.2, -0.15) is 0 Å². The molecule has 2 aromatic heterocycles. The summed E-state index contributed by atoms with van der Waals surface area (Å²) in [4.78, 5) is 32.5. The summed E-state index contributed by atoms with van der Waals surface area (Å²) in [5.74, 6) is 0.713. The van der Waals surface area contributed by atoms with E-state index in [-0.39, 0.29) is 11.5 Å². The van der Waals surface area contributed by atoms with Gasteiger partial charge in [-0.3, -0.25) is 19.2 Å². The lowest BCUT2D eigenvalue weighted by atomic mass is 9.98. The lowest BCUT2D eigenvalue weighted by Crippen LogP contribution is -2.49. The summed E-state index contributed by atoms with van der Waals surface area (Å²) < 4.78 is 6.82. The quantitative estimate of drug-likeness (QED) is 0.604. The van der Waals surface area contributed by atoms with E-state index in [4.69, 9.17) is 4.74 Å². The van der Waals surface area contributed by atoms with Gasteiger partial charge in [0.25, 0.3) is 5.56 Å². The Morgan fingerprint density at radius 2 is 1.80 bits per heavy atom. The number of methoxy groups -OCH3 is 1. The predicted octanol–water partition coefficient (Wildman–Crippen LogP) is 5.09. The second-order valence-electron chi connectivity index (χ2n) is 8.75. The molecule has 0 radical (unpaired) electrons. The molecule has 0 unspecified atom stereocenters. The Bertz CT molecular complexity index is 1110. The maximum atomic E-state index is 13.5. The predicted molar refractivity (Wildman–Crippen MR) is 121 cm³/mol. The Morgan fingerprint density at radius 1 is 1.13 bits per heavy atom. The molecule has 1 amide bonds. The van der Waals surface area contributed by atoms with E-state index in [1.807, 2.05) is 77.1 Å². The third kappa shape index (κ3) is 3.95. The Kier molecular flexibility index (Phi) is 5.97. The van der Waals surface area contributed by atoms with E-state index in [2.05, 4.69) is 4.98 Å². The molecule has 6 heteroatoms. The number of ether oxygens (including phenoxy) is 1. The number of carbonyl (C=O) groups is 1. The van der Waals surface area contributed by atoms with E-state index < -0.39 is 11.6 Å². The number of hydrogen-bond donors (Lipinski definition) is 0. The van der Waals surface area contributed by atoms with Crippen LogP contribution in [-0.4, -0.2) is 28.3 Å². The van der Waals surface area contributed by atoms with Crippen molar-refractivity contribution in [3.8, 4) is 11.1 Å². The standard InChI is InChI=1S/C24H29N3O3/c1-16(2)15-26-21(27(23(29)30-6)24(3,4)5)19(17-11-8-7-9-12-17)18-13-10-14-25-20(18)22(26)28/h7-14,16H,15H2,1-6H3. The molecule has 0 aliphatic rings. The fourth-order valence-electron chi connectivity index (χ4n) is 3.68. The van der Waals surface area contributed by atoms with Crippen molar-refractivity contribution in [1.82, 2.24) is 9.55 Å². The van der Waals surface area contributed by atoms with Crippen LogP contribution in [0.5, 0.6) is 0 Å². The second-order valence-corrected chi connectivity index (χ2v) is 8.75. The van der Waals surface area contributed by atoms with Crippen LogP contribution in [0.25, 0.3) is 22.0 Å². The molecule has 0 aliphatic carbocycles. The van der Waals surface area contributed by atoms with Crippen molar-refractivity contribution in [2.45, 2.75) is 46.7 Å². The highest BCUT2D eigenvalue weighted by molar-refractivity contribution is 6.04. The van der Waals surface area contributed by atoms with Crippen molar-refractivity contribution in [1.29, 1.82) is 0 Å². The molecule has 0 fully saturated rings. The maximum absolute atomic E-state index is 13.5. The molecular formula is C24H29N3O3. The number of anilines is 1. The van der Waals surface area contributed by atoms with Crippen LogP contribution in [0.3, 0.4) is 0 Å². The van der Waals surface area contributed by atoms with E-state index in [9.17, 15) is 9.59 Å². The number of hydrogen-bond acceptors (Lipinski definition) is 4. The van der Waals surface area contributed by atoms with Crippen molar-refractivity contribution in [3.05, 3.63) is 59.0 Å². The van der Waals surface area contributed by atoms with Crippen LogP contribution in [0.2, 0.25) is 0 Å². The first-order valence-electron chi connectivity index (χ1n) is 10.1. The zero-order valence-corrected chi connectivity index (χ0v) is 18.5. The van der Waals surface area contributed by atoms with Crippen LogP contribution in [0, 0.1) is 5.92 Å². The normalized spacial score (nSPS) is 11.7. The van der Waals surface area contributed by atoms with Crippen LogP contribution in [0.1, 0.15) is 34.6 Å². The smallest absolute Gasteiger partial charge is 0.415 e. The number of amides is 1. The number of pyridine rings is 2. The fourth-order valence-corrected chi connectivity index (χ4v) is 3.68. The van der Waals surface area contributed by atoms with Gasteiger partial charge in [0.1, 0.15) is 11.3 Å². The summed E-state index contributed by atoms with van der Waals surface area (Å²) in [6, 6.07) is 13.5. The highest BCUT2D eigenvalue weighted by Gasteiger charge is 2.35. The minimum absolute atomic E-state index is 0.186. The van der Waals surface area contributed by atoms with Gasteiger partial charge in [-0.05, 0) is 38.3 Å². The van der Waals surface area contributed by atoms with Gasteiger partial charge in [0.05, 0.1) is 7.11 Å². The van der Waals surface area contributed by atoms with Crippen molar-refractivity contribution < 1.29 is 9.53 Å². The van der Waals surface area contributed by atoms with E-state index >= 15 is 0 Å². The van der Waals surface area contributed by atoms with Gasteiger partial charge in [0.15, 0.2) is 0 Å². The molecule has 0 spiro atoms. The van der Waals surface area contributed by atoms with Crippen molar-refractivity contribution in [2.24, 2.45) is 5.92 Å². The highest BCUT2D eigenvalue weighted by atomic mass is 16.5. The molecule has 0 saturated carbocycles. The lowest BCUT2D eigenvalue weighted by molar-refractivity contribution is 0.172. The van der Waals surface area contributed by atoms with Crippen molar-refractivity contribution in [3.63, 3.8) is 0 Å². The Hall–Kier alpha value is -3.15. The molecule has 3 rings (SSSR count). The first-order valence-corrected chi connectivity index (χ1v) is 10.1. The topological polar surface area (TPSA) is 64.4 Å². The molecule has 1 aromatic carbocycles. The Balaban J connectivity index is 2.58. The average molecular weight is 408 g/mol. The van der Waals surface area contributed by atoms with Crippen LogP contribution in [0.4, 0.5) is 10.6 Å². The molecule has 0 N–H and O–H groups in total. The summed E-state index contributed by atoms with van der Waals surface area (Å²) in [5, 5.41) is 0.710. The van der Waals surface area contributed by atoms with Crippen LogP contribution >= 0.6 is 0 Å². The minimum atomic E-state index is -0.627. The van der Waals surface area contributed by atoms with E-state index in [0.29, 0.717) is 23.3 Å². The third-order valence-electron chi connectivity index (χ3n) is 4.85. The number of rotatable bonds is 4. The SMILES string of the molecule is COC(=O)N(c1c(-c2ccccc2)c2cccnc2c(=O)n1CC(C)C)C(C)(C)C. The monoisotopic (exact) mass is 407 g/mol. The Morgan fingerprint density at radius 3 is 2.37 bits per heavy atom. The zero-order valence-electron chi connectivity index (χ0n) is 18.5. The molecular weight excluding hydrogens is 378 g/mol. The van der Waals surface area contributed by atoms with Crippen LogP contribution in [-0.2, 0) is 11.3 Å². The number of benzene rings is 1. The average Bonchev–Trinajstić information content (AvgIpc) is 2.70. The highest BCUT2D eigenvalue weighted by Crippen LogP contribution is 2.39. The Labute approximate surface area is 177 Å². The molecule has 6 nitrogen and oxygen atoms in total. The summed E-state index contributed by atoms with van der Waals surface area (Å²) in [5.41, 5.74) is 1.24. The largest absolute Gasteiger partial charge is 0.452 e. The summed E-state index contributed by atoms with van der Waals surface area (Å²) in [6.07, 6.45) is 1.11. The second kappa shape index (κ2) is 8.30. The lowest BCUT2D eigenvalue weighted by Gasteiger charge is -2.37. The summed E-state index contributed by atoms with van der Waals surface area (Å²) >= 11 is 0. The fraction of sp³-hybridized carbons (Fsp3) is 0.375. The van der Waals surface area contributed by atoms with Crippen LogP contribution < -0.4 is 10.5 Å². The minimum Gasteiger partial charge on any atom is -0.452 e. The number of nitrogens with zero attached hydrogens (tertiary/aromatic N) is 3. The van der Waals surface area contributed by atoms with Gasteiger partial charge in [0, 0.05) is 29.2 Å². The van der Waals surface area contributed by atoms with Crippen molar-refractivity contribution >= 4 is 22.8 Å². The molecule has 0 saturated heterocycles. The molecule has 158 valence electrons. The summed E-state index contributed by atoms with van der Waals surface area (Å²) in [6.45, 7) is 10.3. The molecule has 0 bridgehead atoms. The first-order chi connectivity index (χ1) is 14.2. The summed E-state index contributed by atoms with van der Waals surface area (Å²) in [7, 11) is 1.36. The number of aromatic nitrogens is 2. The molecule has 3 aromatic rings. The molecule has 30 heavy (non-hydrogen) atoms. The van der Waals surface area contributed by atoms with Gasteiger partial charge < -0.3 is 4.74 Å². The van der Waals surface area contributed by atoms with Crippen molar-refractivity contribution in [2.75, 3.05) is 12.0 Å². The molecule has 0 aliphatic heterocycles. The maximum Gasteiger partial charge on any atom is 0.415 e. The van der Waals surface area contributed by atoms with E-state index in [1.54, 1.807) is 15.7 Å². The van der Waals surface area contributed by atoms with Crippen LogP contribution in [0.15, 0.2) is 53.5 Å². The molecule has 0 atom stereocenters. The zero-order chi connectivity index (χ0) is 22.1. The number of fused-ring (bicyclic) bond motifs is 1. The van der Waals surface area contributed by atoms with E-state index in [1.165, 1.54) is 7.11 Å². The van der Waals surface area contributed by atoms with Gasteiger partial charge in [-0.1, -0.05) is 50.2 Å². The molecule has 2 heterocycles. The van der Waals surface area contributed by atoms with Gasteiger partial charge in [-0.25, -0.2) is 4.79 Å². The van der Waals surface area contributed by atoms with Gasteiger partial charge >= 0.3 is 6.09 Å².